The summed E-state index contributed by atoms with van der Waals surface area (Å²) in [6.45, 7) is 0.769. The van der Waals surface area contributed by atoms with Gasteiger partial charge in [-0.1, -0.05) is 11.6 Å². The van der Waals surface area contributed by atoms with Crippen LogP contribution >= 0.6 is 11.6 Å². The van der Waals surface area contributed by atoms with Gasteiger partial charge in [0, 0.05) is 25.4 Å². The molecule has 0 saturated carbocycles. The maximum absolute atomic E-state index is 5.76. The summed E-state index contributed by atoms with van der Waals surface area (Å²) in [4.78, 5) is 6.25. The Morgan fingerprint density at radius 2 is 2.27 bits per heavy atom. The fourth-order valence-corrected chi connectivity index (χ4v) is 1.44. The third kappa shape index (κ3) is 2.50. The van der Waals surface area contributed by atoms with E-state index in [1.807, 2.05) is 30.1 Å². The molecule has 3 nitrogen and oxygen atoms in total. The molecule has 0 fully saturated rings. The smallest absolute Gasteiger partial charge is 0.128 e. The normalized spacial score (nSPS) is 10.3. The molecule has 2 heterocycles. The molecule has 0 N–H and O–H groups in total. The molecule has 2 aromatic rings. The van der Waals surface area contributed by atoms with Crippen LogP contribution in [0.4, 0.5) is 5.82 Å². The first kappa shape index (κ1) is 10.1. The van der Waals surface area contributed by atoms with Crippen molar-refractivity contribution in [3.63, 3.8) is 0 Å². The molecule has 0 atom stereocenters. The summed E-state index contributed by atoms with van der Waals surface area (Å²) < 4.78 is 5.00. The molecule has 2 aromatic heterocycles. The Morgan fingerprint density at radius 1 is 1.40 bits per heavy atom. The molecule has 78 valence electrons. The van der Waals surface area contributed by atoms with Crippen molar-refractivity contribution in [3.05, 3.63) is 47.5 Å². The van der Waals surface area contributed by atoms with Crippen LogP contribution in [0.1, 0.15) is 5.56 Å². The van der Waals surface area contributed by atoms with Crippen LogP contribution < -0.4 is 4.90 Å². The minimum atomic E-state index is 0.649. The third-order valence-electron chi connectivity index (χ3n) is 2.10. The second-order valence-electron chi connectivity index (χ2n) is 3.32. The first-order valence-electron chi connectivity index (χ1n) is 4.59. The van der Waals surface area contributed by atoms with Gasteiger partial charge in [-0.3, -0.25) is 0 Å². The molecule has 0 saturated heterocycles. The summed E-state index contributed by atoms with van der Waals surface area (Å²) in [5, 5.41) is 0.649. The van der Waals surface area contributed by atoms with E-state index in [0.717, 1.165) is 17.9 Å². The first-order chi connectivity index (χ1) is 7.25. The maximum atomic E-state index is 5.76. The Bertz CT molecular complexity index is 411. The summed E-state index contributed by atoms with van der Waals surface area (Å²) >= 11 is 5.76. The van der Waals surface area contributed by atoms with Crippen LogP contribution in [-0.4, -0.2) is 12.0 Å². The molecule has 0 aliphatic heterocycles. The zero-order chi connectivity index (χ0) is 10.7. The van der Waals surface area contributed by atoms with Crippen LogP contribution in [0.15, 0.2) is 41.3 Å². The Kier molecular flexibility index (Phi) is 2.92. The number of rotatable bonds is 3. The lowest BCUT2D eigenvalue weighted by molar-refractivity contribution is 0.563. The standard InChI is InChI=1S/C11H11ClN2O/c1-14(7-9-4-5-15-8-9)11-3-2-10(12)6-13-11/h2-6,8H,7H2,1H3. The van der Waals surface area contributed by atoms with E-state index in [-0.39, 0.29) is 0 Å². The van der Waals surface area contributed by atoms with Crippen molar-refractivity contribution >= 4 is 17.4 Å². The molecule has 0 radical (unpaired) electrons. The largest absolute Gasteiger partial charge is 0.472 e. The zero-order valence-corrected chi connectivity index (χ0v) is 9.11. The molecular weight excluding hydrogens is 212 g/mol. The summed E-state index contributed by atoms with van der Waals surface area (Å²) in [6, 6.07) is 5.66. The first-order valence-corrected chi connectivity index (χ1v) is 4.97. The van der Waals surface area contributed by atoms with Gasteiger partial charge in [-0.2, -0.15) is 0 Å². The highest BCUT2D eigenvalue weighted by atomic mass is 35.5. The van der Waals surface area contributed by atoms with Crippen molar-refractivity contribution in [3.8, 4) is 0 Å². The van der Waals surface area contributed by atoms with Crippen LogP contribution in [0.5, 0.6) is 0 Å². The van der Waals surface area contributed by atoms with Gasteiger partial charge in [0.15, 0.2) is 0 Å². The highest BCUT2D eigenvalue weighted by molar-refractivity contribution is 6.30. The lowest BCUT2D eigenvalue weighted by Gasteiger charge is -2.16. The van der Waals surface area contributed by atoms with Gasteiger partial charge >= 0.3 is 0 Å². The number of hydrogen-bond donors (Lipinski definition) is 0. The molecule has 4 heteroatoms. The fourth-order valence-electron chi connectivity index (χ4n) is 1.33. The van der Waals surface area contributed by atoms with E-state index in [1.54, 1.807) is 18.7 Å². The third-order valence-corrected chi connectivity index (χ3v) is 2.33. The molecule has 2 rings (SSSR count). The quantitative estimate of drug-likeness (QED) is 0.800. The average Bonchev–Trinajstić information content (AvgIpc) is 2.71. The molecule has 0 aliphatic rings. The van der Waals surface area contributed by atoms with Gasteiger partial charge in [-0.25, -0.2) is 4.98 Å². The van der Waals surface area contributed by atoms with E-state index in [2.05, 4.69) is 4.98 Å². The molecular formula is C11H11ClN2O. The monoisotopic (exact) mass is 222 g/mol. The van der Waals surface area contributed by atoms with Crippen LogP contribution in [0.3, 0.4) is 0 Å². The lowest BCUT2D eigenvalue weighted by atomic mass is 10.3. The molecule has 0 unspecified atom stereocenters. The van der Waals surface area contributed by atoms with Gasteiger partial charge < -0.3 is 9.32 Å². The van der Waals surface area contributed by atoms with Crippen LogP contribution in [0.25, 0.3) is 0 Å². The summed E-state index contributed by atoms with van der Waals surface area (Å²) in [5.41, 5.74) is 1.12. The lowest BCUT2D eigenvalue weighted by Crippen LogP contribution is -2.16. The average molecular weight is 223 g/mol. The predicted octanol–water partition coefficient (Wildman–Crippen LogP) is 2.96. The molecule has 0 aromatic carbocycles. The Hall–Kier alpha value is -1.48. The number of aromatic nitrogens is 1. The number of hydrogen-bond acceptors (Lipinski definition) is 3. The number of furan rings is 1. The van der Waals surface area contributed by atoms with E-state index < -0.39 is 0 Å². The van der Waals surface area contributed by atoms with Gasteiger partial charge in [0.1, 0.15) is 5.82 Å². The Labute approximate surface area is 93.3 Å². The van der Waals surface area contributed by atoms with Crippen molar-refractivity contribution in [1.29, 1.82) is 0 Å². The molecule has 0 bridgehead atoms. The topological polar surface area (TPSA) is 29.3 Å². The number of anilines is 1. The number of nitrogens with zero attached hydrogens (tertiary/aromatic N) is 2. The van der Waals surface area contributed by atoms with Gasteiger partial charge in [0.05, 0.1) is 17.5 Å². The van der Waals surface area contributed by atoms with Crippen LogP contribution in [0.2, 0.25) is 5.02 Å². The van der Waals surface area contributed by atoms with Gasteiger partial charge in [0.25, 0.3) is 0 Å². The van der Waals surface area contributed by atoms with Gasteiger partial charge in [-0.15, -0.1) is 0 Å². The summed E-state index contributed by atoms with van der Waals surface area (Å²) in [7, 11) is 1.98. The maximum Gasteiger partial charge on any atom is 0.128 e. The molecule has 15 heavy (non-hydrogen) atoms. The highest BCUT2D eigenvalue weighted by Crippen LogP contribution is 2.15. The number of pyridine rings is 1. The summed E-state index contributed by atoms with van der Waals surface area (Å²) in [6.07, 6.45) is 5.04. The van der Waals surface area contributed by atoms with E-state index >= 15 is 0 Å². The highest BCUT2D eigenvalue weighted by Gasteiger charge is 2.03. The van der Waals surface area contributed by atoms with E-state index in [0.29, 0.717) is 5.02 Å². The minimum absolute atomic E-state index is 0.649. The van der Waals surface area contributed by atoms with E-state index in [9.17, 15) is 0 Å². The zero-order valence-electron chi connectivity index (χ0n) is 8.35. The van der Waals surface area contributed by atoms with Crippen molar-refractivity contribution in [2.75, 3.05) is 11.9 Å². The van der Waals surface area contributed by atoms with Gasteiger partial charge in [0.2, 0.25) is 0 Å². The molecule has 0 spiro atoms. The fraction of sp³-hybridized carbons (Fsp3) is 0.182. The van der Waals surface area contributed by atoms with Crippen molar-refractivity contribution < 1.29 is 4.42 Å². The van der Waals surface area contributed by atoms with E-state index in [1.165, 1.54) is 0 Å². The SMILES string of the molecule is CN(Cc1ccoc1)c1ccc(Cl)cn1. The van der Waals surface area contributed by atoms with Crippen molar-refractivity contribution in [2.24, 2.45) is 0 Å². The van der Waals surface area contributed by atoms with Crippen molar-refractivity contribution in [1.82, 2.24) is 4.98 Å². The second-order valence-corrected chi connectivity index (χ2v) is 3.76. The number of halogens is 1. The van der Waals surface area contributed by atoms with Gasteiger partial charge in [-0.05, 0) is 18.2 Å². The molecule has 0 amide bonds. The van der Waals surface area contributed by atoms with Crippen LogP contribution in [-0.2, 0) is 6.54 Å². The minimum Gasteiger partial charge on any atom is -0.472 e. The van der Waals surface area contributed by atoms with Crippen LogP contribution in [0, 0.1) is 0 Å². The second kappa shape index (κ2) is 4.36. The predicted molar refractivity (Wildman–Crippen MR) is 60.1 cm³/mol. The molecule has 0 aliphatic carbocycles. The Balaban J connectivity index is 2.08. The Morgan fingerprint density at radius 3 is 2.87 bits per heavy atom. The summed E-state index contributed by atoms with van der Waals surface area (Å²) in [5.74, 6) is 0.889. The van der Waals surface area contributed by atoms with E-state index in [4.69, 9.17) is 16.0 Å². The van der Waals surface area contributed by atoms with Crippen molar-refractivity contribution in [2.45, 2.75) is 6.54 Å².